The molecule has 1 aromatic heterocycles. The number of piperidine rings is 1. The second kappa shape index (κ2) is 7.67. The second-order valence-corrected chi connectivity index (χ2v) is 9.88. The number of nitrogens with zero attached hydrogens (tertiary/aromatic N) is 1. The van der Waals surface area contributed by atoms with Crippen molar-refractivity contribution < 1.29 is 17.6 Å². The number of rotatable bonds is 4. The Morgan fingerprint density at radius 2 is 1.82 bits per heavy atom. The monoisotopic (exact) mass is 405 g/mol. The van der Waals surface area contributed by atoms with Crippen LogP contribution in [0.3, 0.4) is 0 Å². The van der Waals surface area contributed by atoms with Gasteiger partial charge >= 0.3 is 0 Å². The fraction of sp³-hybridized carbons (Fsp3) is 0.450. The van der Waals surface area contributed by atoms with Crippen molar-refractivity contribution >= 4 is 15.7 Å². The van der Waals surface area contributed by atoms with Crippen LogP contribution in [0.5, 0.6) is 0 Å². The summed E-state index contributed by atoms with van der Waals surface area (Å²) in [5.41, 5.74) is 2.16. The Morgan fingerprint density at radius 1 is 1.11 bits per heavy atom. The SMILES string of the molecule is O=C(NC1CCN([C@@H]2CCS(=O)(=O)C2)CC1)c1cc(-c2ccc(F)cc2)c[nH]1. The lowest BCUT2D eigenvalue weighted by Crippen LogP contribution is -2.48. The molecule has 2 saturated heterocycles. The summed E-state index contributed by atoms with van der Waals surface area (Å²) in [7, 11) is -2.87. The third-order valence-corrected chi connectivity index (χ3v) is 7.45. The van der Waals surface area contributed by atoms with Crippen molar-refractivity contribution in [2.45, 2.75) is 31.3 Å². The number of carbonyl (C=O) groups excluding carboxylic acids is 1. The topological polar surface area (TPSA) is 82.3 Å². The van der Waals surface area contributed by atoms with Crippen molar-refractivity contribution in [2.75, 3.05) is 24.6 Å². The van der Waals surface area contributed by atoms with E-state index in [0.717, 1.165) is 37.1 Å². The maximum absolute atomic E-state index is 13.1. The number of halogens is 1. The number of carbonyl (C=O) groups is 1. The molecule has 0 radical (unpaired) electrons. The van der Waals surface area contributed by atoms with Gasteiger partial charge < -0.3 is 10.3 Å². The Morgan fingerprint density at radius 3 is 2.46 bits per heavy atom. The lowest BCUT2D eigenvalue weighted by Gasteiger charge is -2.35. The third-order valence-electron chi connectivity index (χ3n) is 5.69. The standard InChI is InChI=1S/C20H24FN3O3S/c21-16-3-1-14(2-4-16)15-11-19(22-12-15)20(25)23-17-5-8-24(9-6-17)18-7-10-28(26,27)13-18/h1-4,11-12,17-18,22H,5-10,13H2,(H,23,25)/t18-/m1/s1. The second-order valence-electron chi connectivity index (χ2n) is 7.65. The smallest absolute Gasteiger partial charge is 0.267 e. The van der Waals surface area contributed by atoms with Gasteiger partial charge in [-0.05, 0) is 48.6 Å². The van der Waals surface area contributed by atoms with Gasteiger partial charge in [0.2, 0.25) is 0 Å². The molecule has 8 heteroatoms. The number of hydrogen-bond donors (Lipinski definition) is 2. The first-order chi connectivity index (χ1) is 13.4. The van der Waals surface area contributed by atoms with Crippen molar-refractivity contribution in [3.63, 3.8) is 0 Å². The van der Waals surface area contributed by atoms with Crippen LogP contribution in [-0.2, 0) is 9.84 Å². The molecule has 28 heavy (non-hydrogen) atoms. The van der Waals surface area contributed by atoms with E-state index in [1.807, 2.05) is 0 Å². The molecule has 0 spiro atoms. The molecule has 6 nitrogen and oxygen atoms in total. The van der Waals surface area contributed by atoms with Crippen molar-refractivity contribution in [3.8, 4) is 11.1 Å². The largest absolute Gasteiger partial charge is 0.357 e. The zero-order valence-corrected chi connectivity index (χ0v) is 16.3. The minimum Gasteiger partial charge on any atom is -0.357 e. The highest BCUT2D eigenvalue weighted by Gasteiger charge is 2.34. The fourth-order valence-corrected chi connectivity index (χ4v) is 5.83. The number of benzene rings is 1. The van der Waals surface area contributed by atoms with Crippen molar-refractivity contribution in [2.24, 2.45) is 0 Å². The molecule has 1 atom stereocenters. The summed E-state index contributed by atoms with van der Waals surface area (Å²) in [6.45, 7) is 1.60. The van der Waals surface area contributed by atoms with E-state index in [2.05, 4.69) is 15.2 Å². The summed E-state index contributed by atoms with van der Waals surface area (Å²) < 4.78 is 36.4. The lowest BCUT2D eigenvalue weighted by atomic mass is 10.0. The van der Waals surface area contributed by atoms with Gasteiger partial charge in [0.1, 0.15) is 11.5 Å². The Kier molecular flexibility index (Phi) is 5.25. The Bertz CT molecular complexity index is 947. The zero-order chi connectivity index (χ0) is 19.7. The van der Waals surface area contributed by atoms with Gasteiger partial charge in [0.05, 0.1) is 11.5 Å². The summed E-state index contributed by atoms with van der Waals surface area (Å²) in [5.74, 6) is 0.102. The summed E-state index contributed by atoms with van der Waals surface area (Å²) in [6.07, 6.45) is 4.08. The predicted octanol–water partition coefficient (Wildman–Crippen LogP) is 2.20. The first-order valence-electron chi connectivity index (χ1n) is 9.59. The van der Waals surface area contributed by atoms with E-state index < -0.39 is 9.84 Å². The highest BCUT2D eigenvalue weighted by molar-refractivity contribution is 7.91. The lowest BCUT2D eigenvalue weighted by molar-refractivity contribution is 0.0893. The van der Waals surface area contributed by atoms with Crippen LogP contribution in [0.2, 0.25) is 0 Å². The molecule has 2 aromatic rings. The van der Waals surface area contributed by atoms with E-state index >= 15 is 0 Å². The average molecular weight is 405 g/mol. The molecule has 1 amide bonds. The predicted molar refractivity (Wildman–Crippen MR) is 105 cm³/mol. The van der Waals surface area contributed by atoms with Gasteiger partial charge in [-0.25, -0.2) is 12.8 Å². The normalized spacial score (nSPS) is 23.0. The molecule has 0 bridgehead atoms. The number of hydrogen-bond acceptors (Lipinski definition) is 4. The number of aromatic nitrogens is 1. The molecule has 0 unspecified atom stereocenters. The summed E-state index contributed by atoms with van der Waals surface area (Å²) in [6, 6.07) is 8.12. The first kappa shape index (κ1) is 19.1. The van der Waals surface area contributed by atoms with Crippen LogP contribution >= 0.6 is 0 Å². The van der Waals surface area contributed by atoms with Gasteiger partial charge in [-0.1, -0.05) is 12.1 Å². The fourth-order valence-electron chi connectivity index (χ4n) is 4.07. The Balaban J connectivity index is 1.31. The molecule has 4 rings (SSSR count). The van der Waals surface area contributed by atoms with E-state index in [0.29, 0.717) is 12.1 Å². The van der Waals surface area contributed by atoms with Gasteiger partial charge in [-0.2, -0.15) is 0 Å². The minimum atomic E-state index is -2.87. The first-order valence-corrected chi connectivity index (χ1v) is 11.4. The zero-order valence-electron chi connectivity index (χ0n) is 15.5. The Hall–Kier alpha value is -2.19. The summed E-state index contributed by atoms with van der Waals surface area (Å²) >= 11 is 0. The van der Waals surface area contributed by atoms with E-state index in [-0.39, 0.29) is 35.3 Å². The molecule has 0 saturated carbocycles. The maximum atomic E-state index is 13.1. The quantitative estimate of drug-likeness (QED) is 0.817. The van der Waals surface area contributed by atoms with Crippen molar-refractivity contribution in [1.29, 1.82) is 0 Å². The molecule has 0 aliphatic carbocycles. The van der Waals surface area contributed by atoms with Crippen LogP contribution in [0.15, 0.2) is 36.5 Å². The van der Waals surface area contributed by atoms with E-state index in [1.54, 1.807) is 24.4 Å². The van der Waals surface area contributed by atoms with Crippen LogP contribution < -0.4 is 5.32 Å². The summed E-state index contributed by atoms with van der Waals surface area (Å²) in [4.78, 5) is 17.8. The molecule has 150 valence electrons. The highest BCUT2D eigenvalue weighted by Crippen LogP contribution is 2.23. The average Bonchev–Trinajstić information content (AvgIpc) is 3.30. The van der Waals surface area contributed by atoms with Crippen molar-refractivity contribution in [3.05, 3.63) is 48.0 Å². The number of amides is 1. The molecule has 3 heterocycles. The van der Waals surface area contributed by atoms with E-state index in [4.69, 9.17) is 0 Å². The molecule has 2 N–H and O–H groups in total. The molecule has 2 fully saturated rings. The number of likely N-dealkylation sites (tertiary alicyclic amines) is 1. The molecular weight excluding hydrogens is 381 g/mol. The van der Waals surface area contributed by atoms with Crippen LogP contribution in [0.1, 0.15) is 29.8 Å². The number of aromatic amines is 1. The van der Waals surface area contributed by atoms with Crippen molar-refractivity contribution in [1.82, 2.24) is 15.2 Å². The summed E-state index contributed by atoms with van der Waals surface area (Å²) in [5, 5.41) is 3.06. The van der Waals surface area contributed by atoms with Crippen LogP contribution in [0, 0.1) is 5.82 Å². The van der Waals surface area contributed by atoms with E-state index in [9.17, 15) is 17.6 Å². The van der Waals surface area contributed by atoms with Crippen LogP contribution in [0.4, 0.5) is 4.39 Å². The third kappa shape index (κ3) is 4.28. The van der Waals surface area contributed by atoms with E-state index in [1.165, 1.54) is 12.1 Å². The van der Waals surface area contributed by atoms with Gasteiger partial charge in [-0.15, -0.1) is 0 Å². The van der Waals surface area contributed by atoms with Gasteiger partial charge in [0.25, 0.3) is 5.91 Å². The maximum Gasteiger partial charge on any atom is 0.267 e. The van der Waals surface area contributed by atoms with Gasteiger partial charge in [0, 0.05) is 31.4 Å². The highest BCUT2D eigenvalue weighted by atomic mass is 32.2. The number of sulfone groups is 1. The van der Waals surface area contributed by atoms with Crippen LogP contribution in [0.25, 0.3) is 11.1 Å². The van der Waals surface area contributed by atoms with Gasteiger partial charge in [-0.3, -0.25) is 9.69 Å². The molecule has 2 aliphatic rings. The number of H-pyrrole nitrogens is 1. The Labute approximate surface area is 164 Å². The van der Waals surface area contributed by atoms with Gasteiger partial charge in [0.15, 0.2) is 9.84 Å². The van der Waals surface area contributed by atoms with Crippen LogP contribution in [-0.4, -0.2) is 60.9 Å². The minimum absolute atomic E-state index is 0.0827. The molecule has 1 aromatic carbocycles. The number of nitrogens with one attached hydrogen (secondary N) is 2. The molecular formula is C20H24FN3O3S. The molecule has 2 aliphatic heterocycles.